The van der Waals surface area contributed by atoms with Crippen molar-refractivity contribution >= 4 is 11.6 Å². The highest BCUT2D eigenvalue weighted by Gasteiger charge is 2.23. The first-order valence-corrected chi connectivity index (χ1v) is 6.37. The van der Waals surface area contributed by atoms with Gasteiger partial charge in [0.1, 0.15) is 5.82 Å². The minimum Gasteiger partial charge on any atom is -0.481 e. The number of methoxy groups -OCH3 is 1. The fraction of sp³-hybridized carbons (Fsp3) is 0.462. The predicted molar refractivity (Wildman–Crippen MR) is 73.6 cm³/mol. The molecule has 0 atom stereocenters. The maximum absolute atomic E-state index is 6.12. The van der Waals surface area contributed by atoms with Crippen LogP contribution in [0.3, 0.4) is 0 Å². The smallest absolute Gasteiger partial charge is 0.225 e. The molecule has 0 spiro atoms. The van der Waals surface area contributed by atoms with Crippen molar-refractivity contribution in [1.29, 1.82) is 0 Å². The van der Waals surface area contributed by atoms with Crippen LogP contribution in [0.25, 0.3) is 0 Å². The molecule has 6 heteroatoms. The van der Waals surface area contributed by atoms with Crippen LogP contribution in [-0.4, -0.2) is 26.9 Å². The van der Waals surface area contributed by atoms with Crippen LogP contribution in [0.1, 0.15) is 32.2 Å². The Morgan fingerprint density at radius 3 is 2.68 bits per heavy atom. The van der Waals surface area contributed by atoms with Gasteiger partial charge in [0.05, 0.1) is 13.7 Å². The lowest BCUT2D eigenvalue weighted by molar-refractivity contribution is 0.397. The van der Waals surface area contributed by atoms with Crippen LogP contribution in [0, 0.1) is 0 Å². The Bertz CT molecular complexity index is 574. The summed E-state index contributed by atoms with van der Waals surface area (Å²) in [6.45, 7) is 6.84. The van der Waals surface area contributed by atoms with E-state index in [0.29, 0.717) is 17.7 Å². The maximum atomic E-state index is 6.12. The number of pyridine rings is 1. The van der Waals surface area contributed by atoms with Gasteiger partial charge in [0, 0.05) is 17.7 Å². The van der Waals surface area contributed by atoms with Gasteiger partial charge in [-0.25, -0.2) is 4.98 Å². The lowest BCUT2D eigenvalue weighted by Gasteiger charge is -2.19. The van der Waals surface area contributed by atoms with E-state index in [4.69, 9.17) is 16.3 Å². The summed E-state index contributed by atoms with van der Waals surface area (Å²) in [4.78, 5) is 4.09. The van der Waals surface area contributed by atoms with Crippen LogP contribution < -0.4 is 4.74 Å². The van der Waals surface area contributed by atoms with Gasteiger partial charge in [-0.05, 0) is 23.2 Å². The van der Waals surface area contributed by atoms with E-state index in [0.717, 1.165) is 11.4 Å². The van der Waals surface area contributed by atoms with E-state index in [2.05, 4.69) is 36.0 Å². The number of hydrogen-bond acceptors (Lipinski definition) is 4. The van der Waals surface area contributed by atoms with Crippen molar-refractivity contribution in [3.63, 3.8) is 0 Å². The Hall–Kier alpha value is -1.62. The molecule has 102 valence electrons. The summed E-state index contributed by atoms with van der Waals surface area (Å²) in [5.74, 6) is 1.44. The monoisotopic (exact) mass is 280 g/mol. The summed E-state index contributed by atoms with van der Waals surface area (Å²) >= 11 is 6.12. The van der Waals surface area contributed by atoms with E-state index in [1.54, 1.807) is 13.3 Å². The predicted octanol–water partition coefficient (Wildman–Crippen LogP) is 2.68. The highest BCUT2D eigenvalue weighted by atomic mass is 35.5. The first-order chi connectivity index (χ1) is 8.91. The molecule has 2 rings (SSSR count). The molecule has 5 nitrogen and oxygen atoms in total. The van der Waals surface area contributed by atoms with Gasteiger partial charge in [-0.15, -0.1) is 10.2 Å². The van der Waals surface area contributed by atoms with Crippen LogP contribution in [0.2, 0.25) is 5.28 Å². The molecule has 2 aromatic rings. The van der Waals surface area contributed by atoms with Gasteiger partial charge >= 0.3 is 0 Å². The number of ether oxygens (including phenoxy) is 1. The van der Waals surface area contributed by atoms with Crippen LogP contribution in [0.4, 0.5) is 0 Å². The summed E-state index contributed by atoms with van der Waals surface area (Å²) in [7, 11) is 1.60. The van der Waals surface area contributed by atoms with Crippen LogP contribution in [0.5, 0.6) is 5.88 Å². The minimum atomic E-state index is -0.114. The number of nitrogens with zero attached hydrogens (tertiary/aromatic N) is 4. The summed E-state index contributed by atoms with van der Waals surface area (Å²) in [5.41, 5.74) is 0.927. The Morgan fingerprint density at radius 1 is 1.32 bits per heavy atom. The van der Waals surface area contributed by atoms with Crippen LogP contribution >= 0.6 is 11.6 Å². The molecule has 0 saturated carbocycles. The Kier molecular flexibility index (Phi) is 3.75. The number of halogens is 1. The normalized spacial score (nSPS) is 11.6. The van der Waals surface area contributed by atoms with Crippen molar-refractivity contribution in [2.24, 2.45) is 0 Å². The second-order valence-electron chi connectivity index (χ2n) is 5.34. The SMILES string of the molecule is COc1cc(Cn2c(Cl)nnc2C(C)(C)C)ccn1. The quantitative estimate of drug-likeness (QED) is 0.867. The molecule has 0 aliphatic heterocycles. The molecule has 2 aromatic heterocycles. The summed E-state index contributed by atoms with van der Waals surface area (Å²) in [6, 6.07) is 3.80. The van der Waals surface area contributed by atoms with Gasteiger partial charge in [-0.3, -0.25) is 4.57 Å². The van der Waals surface area contributed by atoms with Gasteiger partial charge in [0.15, 0.2) is 0 Å². The second kappa shape index (κ2) is 5.17. The highest BCUT2D eigenvalue weighted by Crippen LogP contribution is 2.24. The van der Waals surface area contributed by atoms with Crippen molar-refractivity contribution in [3.05, 3.63) is 35.0 Å². The molecular formula is C13H17ClN4O. The van der Waals surface area contributed by atoms with Gasteiger partial charge in [0.2, 0.25) is 11.2 Å². The fourth-order valence-electron chi connectivity index (χ4n) is 1.82. The van der Waals surface area contributed by atoms with E-state index in [1.807, 2.05) is 16.7 Å². The van der Waals surface area contributed by atoms with Gasteiger partial charge in [0.25, 0.3) is 0 Å². The first kappa shape index (κ1) is 13.8. The van der Waals surface area contributed by atoms with E-state index < -0.39 is 0 Å². The summed E-state index contributed by atoms with van der Waals surface area (Å²) < 4.78 is 7.02. The van der Waals surface area contributed by atoms with E-state index in [-0.39, 0.29) is 5.41 Å². The molecule has 0 radical (unpaired) electrons. The molecule has 19 heavy (non-hydrogen) atoms. The minimum absolute atomic E-state index is 0.114. The first-order valence-electron chi connectivity index (χ1n) is 6.00. The third-order valence-corrected chi connectivity index (χ3v) is 3.01. The molecule has 0 aliphatic rings. The maximum Gasteiger partial charge on any atom is 0.225 e. The van der Waals surface area contributed by atoms with Gasteiger partial charge in [-0.1, -0.05) is 20.8 Å². The zero-order valence-electron chi connectivity index (χ0n) is 11.5. The zero-order valence-corrected chi connectivity index (χ0v) is 12.3. The number of rotatable bonds is 3. The molecule has 2 heterocycles. The molecule has 0 bridgehead atoms. The van der Waals surface area contributed by atoms with Crippen molar-refractivity contribution in [3.8, 4) is 5.88 Å². The van der Waals surface area contributed by atoms with Crippen molar-refractivity contribution in [2.75, 3.05) is 7.11 Å². The molecule has 0 aliphatic carbocycles. The zero-order chi connectivity index (χ0) is 14.0. The lowest BCUT2D eigenvalue weighted by atomic mass is 9.95. The molecule has 0 amide bonds. The van der Waals surface area contributed by atoms with Crippen LogP contribution in [-0.2, 0) is 12.0 Å². The molecular weight excluding hydrogens is 264 g/mol. The molecule has 0 unspecified atom stereocenters. The third kappa shape index (κ3) is 3.04. The van der Waals surface area contributed by atoms with Crippen molar-refractivity contribution in [2.45, 2.75) is 32.7 Å². The molecule has 0 aromatic carbocycles. The lowest BCUT2D eigenvalue weighted by Crippen LogP contribution is -2.19. The molecule has 0 saturated heterocycles. The van der Waals surface area contributed by atoms with E-state index in [1.165, 1.54) is 0 Å². The Labute approximate surface area is 117 Å². The topological polar surface area (TPSA) is 52.8 Å². The van der Waals surface area contributed by atoms with E-state index in [9.17, 15) is 0 Å². The standard InChI is InChI=1S/C13H17ClN4O/c1-13(2,3)11-16-17-12(14)18(11)8-9-5-6-15-10(7-9)19-4/h5-7H,8H2,1-4H3. The van der Waals surface area contributed by atoms with Crippen molar-refractivity contribution in [1.82, 2.24) is 19.7 Å². The summed E-state index contributed by atoms with van der Waals surface area (Å²) in [6.07, 6.45) is 1.71. The van der Waals surface area contributed by atoms with Crippen LogP contribution in [0.15, 0.2) is 18.3 Å². The van der Waals surface area contributed by atoms with Crippen molar-refractivity contribution < 1.29 is 4.74 Å². The summed E-state index contributed by atoms with van der Waals surface area (Å²) in [5, 5.41) is 8.50. The van der Waals surface area contributed by atoms with Gasteiger partial charge in [-0.2, -0.15) is 0 Å². The Morgan fingerprint density at radius 2 is 2.05 bits per heavy atom. The molecule has 0 fully saturated rings. The largest absolute Gasteiger partial charge is 0.481 e. The molecule has 0 N–H and O–H groups in total. The average Bonchev–Trinajstić information content (AvgIpc) is 2.71. The third-order valence-electron chi connectivity index (χ3n) is 2.73. The Balaban J connectivity index is 2.35. The highest BCUT2D eigenvalue weighted by molar-refractivity contribution is 6.28. The van der Waals surface area contributed by atoms with Gasteiger partial charge < -0.3 is 4.74 Å². The fourth-order valence-corrected chi connectivity index (χ4v) is 2.00. The number of aromatic nitrogens is 4. The number of hydrogen-bond donors (Lipinski definition) is 0. The second-order valence-corrected chi connectivity index (χ2v) is 5.67. The average molecular weight is 281 g/mol. The van der Waals surface area contributed by atoms with E-state index >= 15 is 0 Å².